The van der Waals surface area contributed by atoms with Crippen LogP contribution in [0.1, 0.15) is 9.67 Å². The fraction of sp³-hybridized carbons (Fsp3) is 0.167. The van der Waals surface area contributed by atoms with E-state index in [1.807, 2.05) is 17.5 Å². The van der Waals surface area contributed by atoms with Gasteiger partial charge in [-0.15, -0.1) is 11.3 Å². The number of hydrogen-bond acceptors (Lipinski definition) is 2. The second-order valence-corrected chi connectivity index (χ2v) is 2.60. The van der Waals surface area contributed by atoms with Crippen molar-refractivity contribution in [1.29, 1.82) is 0 Å². The van der Waals surface area contributed by atoms with E-state index in [-0.39, 0.29) is 5.78 Å². The molecule has 1 aromatic rings. The van der Waals surface area contributed by atoms with Gasteiger partial charge in [-0.1, -0.05) is 6.07 Å². The third-order valence-electron chi connectivity index (χ3n) is 1.02. The third-order valence-corrected chi connectivity index (χ3v) is 1.93. The van der Waals surface area contributed by atoms with Gasteiger partial charge in [-0.25, -0.2) is 0 Å². The van der Waals surface area contributed by atoms with Crippen LogP contribution in [-0.4, -0.2) is 12.3 Å². The Bertz CT molecular complexity index is 193. The molecule has 0 saturated heterocycles. The minimum atomic E-state index is 0.130. The highest BCUT2D eigenvalue weighted by Crippen LogP contribution is 2.07. The smallest absolute Gasteiger partial charge is 0.226 e. The molecule has 0 aliphatic rings. The standard InChI is InChI=1S/C6H7NOS/c7-4-5(8)6-2-1-3-9-6/h1-3H,4,7H2/p+1. The molecule has 2 nitrogen and oxygen atoms in total. The van der Waals surface area contributed by atoms with Gasteiger partial charge >= 0.3 is 0 Å². The maximum absolute atomic E-state index is 10.8. The summed E-state index contributed by atoms with van der Waals surface area (Å²) in [6.45, 7) is 0.362. The molecule has 0 amide bonds. The first-order valence-corrected chi connectivity index (χ1v) is 3.58. The Labute approximate surface area is 57.3 Å². The largest absolute Gasteiger partial charge is 0.351 e. The van der Waals surface area contributed by atoms with Gasteiger partial charge in [0.05, 0.1) is 4.88 Å². The van der Waals surface area contributed by atoms with Gasteiger partial charge in [-0.2, -0.15) is 0 Å². The molecule has 0 atom stereocenters. The molecular formula is C6H8NOS+. The minimum Gasteiger partial charge on any atom is -0.351 e. The summed E-state index contributed by atoms with van der Waals surface area (Å²) in [5, 5.41) is 1.89. The van der Waals surface area contributed by atoms with Crippen molar-refractivity contribution >= 4 is 17.1 Å². The number of thiophene rings is 1. The summed E-state index contributed by atoms with van der Waals surface area (Å²) < 4.78 is 0. The number of carbonyl (C=O) groups excluding carboxylic acids is 1. The Morgan fingerprint density at radius 1 is 1.78 bits per heavy atom. The van der Waals surface area contributed by atoms with Crippen LogP contribution >= 0.6 is 11.3 Å². The Morgan fingerprint density at radius 2 is 2.56 bits per heavy atom. The Balaban J connectivity index is 2.77. The Morgan fingerprint density at radius 3 is 3.00 bits per heavy atom. The molecule has 3 N–H and O–H groups in total. The average Bonchev–Trinajstić information content (AvgIpc) is 2.37. The molecule has 0 aliphatic carbocycles. The van der Waals surface area contributed by atoms with Crippen molar-refractivity contribution in [2.45, 2.75) is 0 Å². The predicted molar refractivity (Wildman–Crippen MR) is 36.4 cm³/mol. The molecule has 0 saturated carbocycles. The molecule has 0 bridgehead atoms. The number of quaternary nitrogens is 1. The second-order valence-electron chi connectivity index (χ2n) is 1.65. The van der Waals surface area contributed by atoms with Crippen LogP contribution in [0.5, 0.6) is 0 Å². The molecule has 0 radical (unpaired) electrons. The van der Waals surface area contributed by atoms with Crippen molar-refractivity contribution in [3.8, 4) is 0 Å². The average molecular weight is 142 g/mol. The van der Waals surface area contributed by atoms with Gasteiger partial charge in [-0.3, -0.25) is 4.79 Å². The summed E-state index contributed by atoms with van der Waals surface area (Å²) in [4.78, 5) is 11.6. The Kier molecular flexibility index (Phi) is 1.97. The van der Waals surface area contributed by atoms with Crippen molar-refractivity contribution in [3.63, 3.8) is 0 Å². The fourth-order valence-corrected chi connectivity index (χ4v) is 1.25. The molecule has 1 rings (SSSR count). The number of ketones is 1. The van der Waals surface area contributed by atoms with Crippen molar-refractivity contribution < 1.29 is 10.5 Å². The molecule has 1 heterocycles. The highest BCUT2D eigenvalue weighted by Gasteiger charge is 2.03. The molecule has 0 aromatic carbocycles. The first-order valence-electron chi connectivity index (χ1n) is 2.70. The van der Waals surface area contributed by atoms with Crippen LogP contribution in [0.2, 0.25) is 0 Å². The van der Waals surface area contributed by atoms with E-state index >= 15 is 0 Å². The van der Waals surface area contributed by atoms with E-state index in [4.69, 9.17) is 0 Å². The normalized spacial score (nSPS) is 9.44. The quantitative estimate of drug-likeness (QED) is 0.588. The molecule has 0 fully saturated rings. The number of carbonyl (C=O) groups is 1. The summed E-state index contributed by atoms with van der Waals surface area (Å²) in [6.07, 6.45) is 0. The van der Waals surface area contributed by atoms with Gasteiger partial charge in [0, 0.05) is 0 Å². The molecule has 0 aliphatic heterocycles. The van der Waals surface area contributed by atoms with Gasteiger partial charge in [0.25, 0.3) is 0 Å². The maximum Gasteiger partial charge on any atom is 0.226 e. The molecule has 1 aromatic heterocycles. The Hall–Kier alpha value is -0.670. The lowest BCUT2D eigenvalue weighted by molar-refractivity contribution is -0.349. The lowest BCUT2D eigenvalue weighted by Crippen LogP contribution is -2.53. The van der Waals surface area contributed by atoms with E-state index < -0.39 is 0 Å². The van der Waals surface area contributed by atoms with Gasteiger partial charge in [0.2, 0.25) is 5.78 Å². The summed E-state index contributed by atoms with van der Waals surface area (Å²) in [7, 11) is 0. The van der Waals surface area contributed by atoms with E-state index in [1.165, 1.54) is 11.3 Å². The maximum atomic E-state index is 10.8. The molecule has 0 spiro atoms. The third kappa shape index (κ3) is 1.37. The van der Waals surface area contributed by atoms with Crippen LogP contribution in [0.3, 0.4) is 0 Å². The first-order chi connectivity index (χ1) is 4.34. The van der Waals surface area contributed by atoms with E-state index in [0.717, 1.165) is 4.88 Å². The van der Waals surface area contributed by atoms with Crippen molar-refractivity contribution in [3.05, 3.63) is 22.4 Å². The number of rotatable bonds is 2. The zero-order valence-electron chi connectivity index (χ0n) is 4.96. The number of Topliss-reactive ketones (excluding diaryl/α,β-unsaturated/α-hetero) is 1. The van der Waals surface area contributed by atoms with E-state index in [1.54, 1.807) is 0 Å². The zero-order valence-corrected chi connectivity index (χ0v) is 5.78. The van der Waals surface area contributed by atoms with Crippen LogP contribution in [0.15, 0.2) is 17.5 Å². The number of hydrogen-bond donors (Lipinski definition) is 1. The highest BCUT2D eigenvalue weighted by molar-refractivity contribution is 7.12. The van der Waals surface area contributed by atoms with E-state index in [2.05, 4.69) is 5.73 Å². The molecular weight excluding hydrogens is 134 g/mol. The summed E-state index contributed by atoms with van der Waals surface area (Å²) in [5.41, 5.74) is 3.50. The monoisotopic (exact) mass is 142 g/mol. The highest BCUT2D eigenvalue weighted by atomic mass is 32.1. The van der Waals surface area contributed by atoms with Crippen LogP contribution in [0.4, 0.5) is 0 Å². The second kappa shape index (κ2) is 2.75. The van der Waals surface area contributed by atoms with Gasteiger partial charge < -0.3 is 5.73 Å². The zero-order chi connectivity index (χ0) is 6.69. The predicted octanol–water partition coefficient (Wildman–Crippen LogP) is 0.173. The van der Waals surface area contributed by atoms with Gasteiger partial charge in [0.1, 0.15) is 6.54 Å². The summed E-state index contributed by atoms with van der Waals surface area (Å²) in [5.74, 6) is 0.130. The summed E-state index contributed by atoms with van der Waals surface area (Å²) >= 11 is 1.47. The molecule has 9 heavy (non-hydrogen) atoms. The summed E-state index contributed by atoms with van der Waals surface area (Å²) in [6, 6.07) is 3.69. The van der Waals surface area contributed by atoms with Crippen LogP contribution in [0.25, 0.3) is 0 Å². The SMILES string of the molecule is [NH3+]CC(=O)c1cccs1. The van der Waals surface area contributed by atoms with Crippen LogP contribution < -0.4 is 5.73 Å². The minimum absolute atomic E-state index is 0.130. The molecule has 48 valence electrons. The van der Waals surface area contributed by atoms with E-state index in [0.29, 0.717) is 6.54 Å². The fourth-order valence-electron chi connectivity index (χ4n) is 0.560. The molecule has 0 unspecified atom stereocenters. The van der Waals surface area contributed by atoms with Crippen LogP contribution in [0, 0.1) is 0 Å². The topological polar surface area (TPSA) is 44.7 Å². The van der Waals surface area contributed by atoms with Crippen molar-refractivity contribution in [2.24, 2.45) is 0 Å². The molecule has 3 heteroatoms. The van der Waals surface area contributed by atoms with Crippen LogP contribution in [-0.2, 0) is 0 Å². The lowest BCUT2D eigenvalue weighted by atomic mass is 10.3. The lowest BCUT2D eigenvalue weighted by Gasteiger charge is -1.84. The van der Waals surface area contributed by atoms with Crippen molar-refractivity contribution in [1.82, 2.24) is 0 Å². The van der Waals surface area contributed by atoms with E-state index in [9.17, 15) is 4.79 Å². The van der Waals surface area contributed by atoms with Gasteiger partial charge in [-0.05, 0) is 11.4 Å². The van der Waals surface area contributed by atoms with Gasteiger partial charge in [0.15, 0.2) is 0 Å². The van der Waals surface area contributed by atoms with Crippen molar-refractivity contribution in [2.75, 3.05) is 6.54 Å². The first kappa shape index (κ1) is 6.45.